The van der Waals surface area contributed by atoms with Crippen LogP contribution in [0.4, 0.5) is 5.69 Å². The first-order valence-corrected chi connectivity index (χ1v) is 27.0. The molecule has 7 heteroatoms. The molecule has 0 aliphatic heterocycles. The number of nitrogens with one attached hydrogen (secondary N) is 1. The van der Waals surface area contributed by atoms with Crippen LogP contribution in [0.5, 0.6) is 0 Å². The van der Waals surface area contributed by atoms with Crippen LogP contribution in [0.25, 0.3) is 126 Å². The molecule has 0 unspecified atom stereocenters. The molecule has 1 N–H and O–H groups in total. The van der Waals surface area contributed by atoms with Gasteiger partial charge in [0.05, 0.1) is 32.6 Å². The van der Waals surface area contributed by atoms with E-state index in [1.807, 2.05) is 72.9 Å². The molecule has 12 aromatic carbocycles. The molecule has 0 atom stereocenters. The predicted molar refractivity (Wildman–Crippen MR) is 332 cm³/mol. The number of nitrogens with zero attached hydrogens (tertiary/aromatic N) is 4. The summed E-state index contributed by atoms with van der Waals surface area (Å²) in [5, 5.41) is 25.0. The van der Waals surface area contributed by atoms with Crippen molar-refractivity contribution >= 4 is 92.5 Å². The second-order valence-corrected chi connectivity index (χ2v) is 20.6. The summed E-state index contributed by atoms with van der Waals surface area (Å²) in [5.41, 5.74) is 16.8. The number of fused-ring (bicyclic) bond motifs is 15. The number of rotatable bonds is 5. The van der Waals surface area contributed by atoms with Crippen LogP contribution in [-0.2, 0) is 6.42 Å². The smallest absolute Gasteiger partial charge is 0.277 e. The molecule has 17 rings (SSSR count). The standard InChI is InChI=1S/C25H17N.C24H16N2O2.C24H16N2/c1-2-7-21(8-3-1)26-13-12-18-15-23-20(16-24(18)26)14-19-11-10-17-6-4-5-9-22(17)25(19)23;27-26(28)23-13-10-17-6-4-5-9-21(17)24(23)19-11-12-22-18(16-19)14-15-25(22)20-7-2-1-3-8-20;1-2-7-17(8-3-1)26-15-14-19-22(26)13-11-20-23-18-9-5-4-6-16(18)10-12-21(23)25-24(19)20/h1-13,15-16H,14H2;1-16H;1-15,25H. The molecule has 80 heavy (non-hydrogen) atoms. The van der Waals surface area contributed by atoms with Gasteiger partial charge in [-0.3, -0.25) is 10.1 Å². The zero-order chi connectivity index (χ0) is 53.3. The van der Waals surface area contributed by atoms with Gasteiger partial charge < -0.3 is 18.7 Å². The van der Waals surface area contributed by atoms with Gasteiger partial charge >= 0.3 is 0 Å². The Hall–Kier alpha value is -10.8. The molecule has 0 fully saturated rings. The summed E-state index contributed by atoms with van der Waals surface area (Å²) in [6.07, 6.45) is 7.38. The van der Waals surface area contributed by atoms with Crippen molar-refractivity contribution in [2.24, 2.45) is 0 Å². The zero-order valence-electron chi connectivity index (χ0n) is 43.4. The number of aromatic amines is 1. The van der Waals surface area contributed by atoms with Gasteiger partial charge in [0.1, 0.15) is 0 Å². The summed E-state index contributed by atoms with van der Waals surface area (Å²) in [6, 6.07) is 90.4. The SMILES string of the molecule is O=[N+]([O-])c1ccc2ccccc2c1-c1ccc2c(ccn2-c2ccccc2)c1.c1ccc(-n2ccc3c4[nH]c5ccc6ccccc6c5c4ccc32)cc1.c1ccc(-n2ccc3cc4c(cc32)Cc2ccc3ccccc3c2-4)cc1. The minimum absolute atomic E-state index is 0.126. The summed E-state index contributed by atoms with van der Waals surface area (Å²) in [5.74, 6) is 0. The maximum atomic E-state index is 11.7. The topological polar surface area (TPSA) is 73.7 Å². The van der Waals surface area contributed by atoms with Gasteiger partial charge in [0, 0.05) is 74.2 Å². The molecule has 0 spiro atoms. The molecule has 0 saturated carbocycles. The summed E-state index contributed by atoms with van der Waals surface area (Å²) in [6.45, 7) is 0. The van der Waals surface area contributed by atoms with Crippen LogP contribution in [0.15, 0.2) is 279 Å². The highest BCUT2D eigenvalue weighted by Crippen LogP contribution is 2.44. The van der Waals surface area contributed by atoms with Gasteiger partial charge in [-0.1, -0.05) is 158 Å². The van der Waals surface area contributed by atoms with E-state index in [9.17, 15) is 10.1 Å². The Morgan fingerprint density at radius 3 is 1.56 bits per heavy atom. The van der Waals surface area contributed by atoms with Crippen molar-refractivity contribution in [2.75, 3.05) is 0 Å². The predicted octanol–water partition coefficient (Wildman–Crippen LogP) is 19.1. The van der Waals surface area contributed by atoms with Crippen molar-refractivity contribution < 1.29 is 4.92 Å². The normalized spacial score (nSPS) is 11.8. The van der Waals surface area contributed by atoms with Crippen LogP contribution in [0.3, 0.4) is 0 Å². The Morgan fingerprint density at radius 2 is 0.900 bits per heavy atom. The quantitative estimate of drug-likeness (QED) is 0.138. The number of nitro benzene ring substituents is 1. The third-order valence-corrected chi connectivity index (χ3v) is 16.1. The van der Waals surface area contributed by atoms with Crippen LogP contribution in [-0.4, -0.2) is 23.6 Å². The number of benzene rings is 12. The molecule has 1 aliphatic rings. The number of para-hydroxylation sites is 3. The monoisotopic (exact) mass is 1030 g/mol. The van der Waals surface area contributed by atoms with Gasteiger partial charge in [-0.2, -0.15) is 0 Å². The molecular weight excluding hydrogens is 979 g/mol. The lowest BCUT2D eigenvalue weighted by atomic mass is 9.95. The fraction of sp³-hybridized carbons (Fsp3) is 0.0137. The highest BCUT2D eigenvalue weighted by atomic mass is 16.6. The van der Waals surface area contributed by atoms with Crippen LogP contribution in [0.2, 0.25) is 0 Å². The van der Waals surface area contributed by atoms with Crippen molar-refractivity contribution in [3.63, 3.8) is 0 Å². The lowest BCUT2D eigenvalue weighted by Gasteiger charge is -2.10. The molecule has 16 aromatic rings. The Bertz CT molecular complexity index is 5070. The van der Waals surface area contributed by atoms with Gasteiger partial charge in [-0.25, -0.2) is 0 Å². The molecule has 1 aliphatic carbocycles. The van der Waals surface area contributed by atoms with E-state index in [1.165, 1.54) is 98.8 Å². The van der Waals surface area contributed by atoms with E-state index in [0.717, 1.165) is 39.3 Å². The second kappa shape index (κ2) is 19.1. The Kier molecular flexibility index (Phi) is 11.1. The van der Waals surface area contributed by atoms with Crippen LogP contribution in [0.1, 0.15) is 11.1 Å². The highest BCUT2D eigenvalue weighted by molar-refractivity contribution is 6.24. The number of nitro groups is 1. The van der Waals surface area contributed by atoms with E-state index in [-0.39, 0.29) is 10.6 Å². The fourth-order valence-corrected chi connectivity index (χ4v) is 12.4. The molecule has 378 valence electrons. The fourth-order valence-electron chi connectivity index (χ4n) is 12.4. The van der Waals surface area contributed by atoms with Crippen LogP contribution < -0.4 is 0 Å². The third-order valence-electron chi connectivity index (χ3n) is 16.1. The average molecular weight is 1030 g/mol. The van der Waals surface area contributed by atoms with Crippen molar-refractivity contribution in [3.05, 3.63) is 301 Å². The van der Waals surface area contributed by atoms with Gasteiger partial charge in [-0.15, -0.1) is 0 Å². The van der Waals surface area contributed by atoms with Gasteiger partial charge in [-0.05, 0) is 164 Å². The van der Waals surface area contributed by atoms with Gasteiger partial charge in [0.25, 0.3) is 5.69 Å². The molecule has 0 amide bonds. The maximum absolute atomic E-state index is 11.7. The molecule has 0 saturated heterocycles. The Labute approximate surface area is 460 Å². The molecule has 7 nitrogen and oxygen atoms in total. The minimum atomic E-state index is -0.304. The Morgan fingerprint density at radius 1 is 0.375 bits per heavy atom. The van der Waals surface area contributed by atoms with Crippen LogP contribution >= 0.6 is 0 Å². The van der Waals surface area contributed by atoms with E-state index < -0.39 is 0 Å². The number of aromatic nitrogens is 4. The summed E-state index contributed by atoms with van der Waals surface area (Å²) >= 11 is 0. The third kappa shape index (κ3) is 7.82. The summed E-state index contributed by atoms with van der Waals surface area (Å²) in [4.78, 5) is 15.1. The van der Waals surface area contributed by atoms with Crippen LogP contribution in [0, 0.1) is 10.1 Å². The average Bonchev–Trinajstić information content (AvgIpc) is 4.39. The zero-order valence-corrected chi connectivity index (χ0v) is 43.4. The van der Waals surface area contributed by atoms with E-state index in [4.69, 9.17) is 0 Å². The first kappa shape index (κ1) is 46.5. The minimum Gasteiger partial charge on any atom is -0.354 e. The maximum Gasteiger partial charge on any atom is 0.277 e. The molecule has 0 radical (unpaired) electrons. The first-order chi connectivity index (χ1) is 39.5. The van der Waals surface area contributed by atoms with Gasteiger partial charge in [0.2, 0.25) is 0 Å². The molecular formula is C73H49N5O2. The van der Waals surface area contributed by atoms with Crippen molar-refractivity contribution in [1.29, 1.82) is 0 Å². The molecule has 0 bridgehead atoms. The molecule has 4 heterocycles. The first-order valence-electron chi connectivity index (χ1n) is 27.0. The van der Waals surface area contributed by atoms with Crippen molar-refractivity contribution in [2.45, 2.75) is 6.42 Å². The van der Waals surface area contributed by atoms with E-state index in [2.05, 4.69) is 213 Å². The largest absolute Gasteiger partial charge is 0.354 e. The van der Waals surface area contributed by atoms with Gasteiger partial charge in [0.15, 0.2) is 0 Å². The summed E-state index contributed by atoms with van der Waals surface area (Å²) in [7, 11) is 0. The number of H-pyrrole nitrogens is 1. The second-order valence-electron chi connectivity index (χ2n) is 20.6. The highest BCUT2D eigenvalue weighted by Gasteiger charge is 2.23. The summed E-state index contributed by atoms with van der Waals surface area (Å²) < 4.78 is 6.66. The Balaban J connectivity index is 0.000000104. The molecule has 4 aromatic heterocycles. The van der Waals surface area contributed by atoms with E-state index >= 15 is 0 Å². The van der Waals surface area contributed by atoms with Crippen molar-refractivity contribution in [3.8, 4) is 39.3 Å². The van der Waals surface area contributed by atoms with Crippen molar-refractivity contribution in [1.82, 2.24) is 18.7 Å². The number of hydrogen-bond donors (Lipinski definition) is 1. The lowest BCUT2D eigenvalue weighted by molar-refractivity contribution is -0.384. The lowest BCUT2D eigenvalue weighted by Crippen LogP contribution is -1.94. The van der Waals surface area contributed by atoms with E-state index in [1.54, 1.807) is 12.1 Å². The van der Waals surface area contributed by atoms with E-state index in [0.29, 0.717) is 5.56 Å². The number of hydrogen-bond acceptors (Lipinski definition) is 2.